The highest BCUT2D eigenvalue weighted by molar-refractivity contribution is 6.05. The highest BCUT2D eigenvalue weighted by atomic mass is 16.5. The van der Waals surface area contributed by atoms with Crippen molar-refractivity contribution in [2.75, 3.05) is 7.11 Å². The molecule has 6 heteroatoms. The van der Waals surface area contributed by atoms with E-state index in [0.717, 1.165) is 62.5 Å². The minimum Gasteiger partial charge on any atom is -0.469 e. The fraction of sp³-hybridized carbons (Fsp3) is 0.585. The van der Waals surface area contributed by atoms with Gasteiger partial charge in [-0.15, -0.1) is 0 Å². The van der Waals surface area contributed by atoms with E-state index in [0.29, 0.717) is 41.6 Å². The van der Waals surface area contributed by atoms with Crippen molar-refractivity contribution in [3.63, 3.8) is 0 Å². The molecule has 4 fully saturated rings. The average Bonchev–Trinajstić information content (AvgIpc) is 3.44. The zero-order valence-electron chi connectivity index (χ0n) is 28.5. The second kappa shape index (κ2) is 13.6. The highest BCUT2D eigenvalue weighted by Gasteiger charge is 2.63. The number of hydrogen-bond acceptors (Lipinski definition) is 6. The van der Waals surface area contributed by atoms with Crippen LogP contribution in [-0.4, -0.2) is 36.4 Å². The molecule has 0 amide bonds. The Kier molecular flexibility index (Phi) is 9.68. The van der Waals surface area contributed by atoms with Crippen molar-refractivity contribution in [2.24, 2.45) is 46.3 Å². The Morgan fingerprint density at radius 3 is 2.15 bits per heavy atom. The second-order valence-corrected chi connectivity index (χ2v) is 15.5. The maximum absolute atomic E-state index is 13.7. The van der Waals surface area contributed by atoms with E-state index >= 15 is 0 Å². The summed E-state index contributed by atoms with van der Waals surface area (Å²) < 4.78 is 11.1. The lowest BCUT2D eigenvalue weighted by atomic mass is 9.43. The fourth-order valence-corrected chi connectivity index (χ4v) is 11.0. The number of aliphatic hydroxyl groups is 1. The lowest BCUT2D eigenvalue weighted by Crippen LogP contribution is -2.58. The van der Waals surface area contributed by atoms with Gasteiger partial charge in [0.1, 0.15) is 17.7 Å². The van der Waals surface area contributed by atoms with E-state index < -0.39 is 5.97 Å². The molecule has 10 atom stereocenters. The first-order valence-corrected chi connectivity index (χ1v) is 17.8. The Morgan fingerprint density at radius 1 is 0.915 bits per heavy atom. The van der Waals surface area contributed by atoms with E-state index in [1.54, 1.807) is 0 Å². The van der Waals surface area contributed by atoms with Gasteiger partial charge in [0.05, 0.1) is 13.2 Å². The third-order valence-electron chi connectivity index (χ3n) is 13.4. The van der Waals surface area contributed by atoms with Gasteiger partial charge >= 0.3 is 11.9 Å². The molecule has 6 rings (SSSR count). The Balaban J connectivity index is 1.17. The van der Waals surface area contributed by atoms with E-state index in [-0.39, 0.29) is 40.5 Å². The quantitative estimate of drug-likeness (QED) is 0.178. The predicted octanol–water partition coefficient (Wildman–Crippen LogP) is 8.14. The van der Waals surface area contributed by atoms with Crippen LogP contribution in [0.25, 0.3) is 5.57 Å². The van der Waals surface area contributed by atoms with Gasteiger partial charge in [-0.3, -0.25) is 4.79 Å². The minimum atomic E-state index is -0.565. The molecule has 2 aromatic rings. The third-order valence-corrected chi connectivity index (χ3v) is 13.4. The van der Waals surface area contributed by atoms with Crippen molar-refractivity contribution in [2.45, 2.75) is 97.2 Å². The average molecular weight is 638 g/mol. The van der Waals surface area contributed by atoms with E-state index in [9.17, 15) is 20.0 Å². The Hall–Kier alpha value is -3.43. The van der Waals surface area contributed by atoms with Crippen LogP contribution in [0.4, 0.5) is 0 Å². The van der Waals surface area contributed by atoms with E-state index in [2.05, 4.69) is 26.8 Å². The summed E-state index contributed by atoms with van der Waals surface area (Å²) in [6, 6.07) is 21.4. The first-order valence-electron chi connectivity index (χ1n) is 17.8. The molecule has 0 radical (unpaired) electrons. The Labute approximate surface area is 280 Å². The SMILES string of the molecule is COC(=O)CCC(C)C1CCC2C3C(O)CC4CC(OC(=O)C(C#N)=C(c5ccccc5)c5ccccc5)CCC4(C)C3CCC12C. The number of rotatable bonds is 8. The zero-order chi connectivity index (χ0) is 33.3. The summed E-state index contributed by atoms with van der Waals surface area (Å²) in [7, 11) is 1.46. The number of carbonyl (C=O) groups excluding carboxylic acids is 2. The molecular weight excluding hydrogens is 586 g/mol. The van der Waals surface area contributed by atoms with Crippen molar-refractivity contribution < 1.29 is 24.2 Å². The smallest absolute Gasteiger partial charge is 0.349 e. The van der Waals surface area contributed by atoms with Gasteiger partial charge in [0, 0.05) is 12.0 Å². The van der Waals surface area contributed by atoms with Gasteiger partial charge in [-0.2, -0.15) is 5.26 Å². The lowest BCUT2D eigenvalue weighted by Gasteiger charge is -2.62. The van der Waals surface area contributed by atoms with Crippen LogP contribution in [0.2, 0.25) is 0 Å². The molecule has 4 saturated carbocycles. The monoisotopic (exact) mass is 637 g/mol. The molecule has 0 spiro atoms. The predicted molar refractivity (Wildman–Crippen MR) is 181 cm³/mol. The van der Waals surface area contributed by atoms with Crippen LogP contribution in [0.5, 0.6) is 0 Å². The Morgan fingerprint density at radius 2 is 1.53 bits per heavy atom. The standard InChI is InChI=1S/C41H51NO5/c1-26(15-18-36(44)46-4)32-16-17-33-38-34(20-22-41(32,33)3)40(2)21-19-30(23-29(40)24-35(38)43)47-39(45)31(25-42)37(27-11-7-5-8-12-27)28-13-9-6-10-14-28/h5-14,26,29-30,32-35,38,43H,15-24H2,1-4H3. The number of hydrogen-bond donors (Lipinski definition) is 1. The van der Waals surface area contributed by atoms with E-state index in [1.165, 1.54) is 13.5 Å². The van der Waals surface area contributed by atoms with Gasteiger partial charge < -0.3 is 14.6 Å². The van der Waals surface area contributed by atoms with Crippen molar-refractivity contribution in [3.8, 4) is 6.07 Å². The molecule has 47 heavy (non-hydrogen) atoms. The van der Waals surface area contributed by atoms with Crippen molar-refractivity contribution in [3.05, 3.63) is 77.4 Å². The van der Waals surface area contributed by atoms with Gasteiger partial charge in [0.15, 0.2) is 0 Å². The second-order valence-electron chi connectivity index (χ2n) is 15.5. The molecule has 4 aliphatic rings. The van der Waals surface area contributed by atoms with Crippen molar-refractivity contribution >= 4 is 17.5 Å². The number of benzene rings is 2. The van der Waals surface area contributed by atoms with Crippen LogP contribution in [0, 0.1) is 57.7 Å². The summed E-state index contributed by atoms with van der Waals surface area (Å²) in [5.74, 6) is 1.82. The van der Waals surface area contributed by atoms with E-state index in [4.69, 9.17) is 9.47 Å². The highest BCUT2D eigenvalue weighted by Crippen LogP contribution is 2.68. The molecule has 0 bridgehead atoms. The van der Waals surface area contributed by atoms with Crippen LogP contribution in [0.1, 0.15) is 96.1 Å². The molecule has 1 N–H and O–H groups in total. The van der Waals surface area contributed by atoms with Crippen LogP contribution < -0.4 is 0 Å². The Bertz CT molecular complexity index is 1470. The maximum atomic E-state index is 13.7. The zero-order valence-corrected chi connectivity index (χ0v) is 28.5. The molecule has 0 heterocycles. The fourth-order valence-electron chi connectivity index (χ4n) is 11.0. The number of carbonyl (C=O) groups is 2. The molecule has 6 nitrogen and oxygen atoms in total. The van der Waals surface area contributed by atoms with E-state index in [1.807, 2.05) is 60.7 Å². The molecule has 250 valence electrons. The number of nitrogens with zero attached hydrogens (tertiary/aromatic N) is 1. The molecule has 10 unspecified atom stereocenters. The summed E-state index contributed by atoms with van der Waals surface area (Å²) in [6.45, 7) is 7.22. The maximum Gasteiger partial charge on any atom is 0.349 e. The number of nitriles is 1. The summed E-state index contributed by atoms with van der Waals surface area (Å²) in [5.41, 5.74) is 2.51. The number of methoxy groups -OCH3 is 1. The molecule has 0 aromatic heterocycles. The van der Waals surface area contributed by atoms with Gasteiger partial charge in [-0.25, -0.2) is 4.79 Å². The summed E-state index contributed by atoms with van der Waals surface area (Å²) in [4.78, 5) is 25.6. The van der Waals surface area contributed by atoms with Gasteiger partial charge in [-0.05, 0) is 115 Å². The van der Waals surface area contributed by atoms with Crippen LogP contribution in [0.15, 0.2) is 66.2 Å². The minimum absolute atomic E-state index is 0.0302. The molecule has 0 saturated heterocycles. The van der Waals surface area contributed by atoms with Crippen LogP contribution >= 0.6 is 0 Å². The normalized spacial score (nSPS) is 34.9. The molecule has 2 aromatic carbocycles. The topological polar surface area (TPSA) is 96.6 Å². The lowest BCUT2D eigenvalue weighted by molar-refractivity contribution is -0.181. The summed E-state index contributed by atoms with van der Waals surface area (Å²) in [6.07, 6.45) is 8.49. The molecular formula is C41H51NO5. The molecule has 0 aliphatic heterocycles. The van der Waals surface area contributed by atoms with Crippen LogP contribution in [-0.2, 0) is 19.1 Å². The summed E-state index contributed by atoms with van der Waals surface area (Å²) >= 11 is 0. The summed E-state index contributed by atoms with van der Waals surface area (Å²) in [5, 5.41) is 22.1. The van der Waals surface area contributed by atoms with Crippen LogP contribution in [0.3, 0.4) is 0 Å². The number of fused-ring (bicyclic) bond motifs is 5. The number of ether oxygens (including phenoxy) is 2. The largest absolute Gasteiger partial charge is 0.469 e. The first kappa shape index (κ1) is 33.5. The van der Waals surface area contributed by atoms with Gasteiger partial charge in [-0.1, -0.05) is 81.4 Å². The third kappa shape index (κ3) is 6.17. The van der Waals surface area contributed by atoms with Gasteiger partial charge in [0.25, 0.3) is 0 Å². The van der Waals surface area contributed by atoms with Crippen molar-refractivity contribution in [1.29, 1.82) is 5.26 Å². The number of esters is 2. The molecule has 4 aliphatic carbocycles. The van der Waals surface area contributed by atoms with Gasteiger partial charge in [0.2, 0.25) is 0 Å². The van der Waals surface area contributed by atoms with Crippen molar-refractivity contribution in [1.82, 2.24) is 0 Å². The number of aliphatic hydroxyl groups excluding tert-OH is 1. The first-order chi connectivity index (χ1) is 22.6.